The van der Waals surface area contributed by atoms with Gasteiger partial charge in [-0.25, -0.2) is 0 Å². The van der Waals surface area contributed by atoms with Gasteiger partial charge in [-0.15, -0.1) is 0 Å². The smallest absolute Gasteiger partial charge is 0.310 e. The third kappa shape index (κ3) is 0.980. The van der Waals surface area contributed by atoms with E-state index in [4.69, 9.17) is 4.74 Å². The molecule has 0 radical (unpaired) electrons. The van der Waals surface area contributed by atoms with Crippen molar-refractivity contribution in [2.75, 3.05) is 13.7 Å². The van der Waals surface area contributed by atoms with Crippen molar-refractivity contribution >= 4 is 5.97 Å². The van der Waals surface area contributed by atoms with E-state index in [1.807, 2.05) is 0 Å². The number of hydrogen-bond acceptors (Lipinski definition) is 3. The molecule has 0 aromatic rings. The van der Waals surface area contributed by atoms with Gasteiger partial charge in [0.2, 0.25) is 0 Å². The first-order valence-electron chi connectivity index (χ1n) is 2.51. The van der Waals surface area contributed by atoms with Crippen LogP contribution in [0.25, 0.3) is 0 Å². The van der Waals surface area contributed by atoms with Crippen molar-refractivity contribution in [3.8, 4) is 0 Å². The van der Waals surface area contributed by atoms with Crippen LogP contribution in [0.4, 0.5) is 0 Å². The summed E-state index contributed by atoms with van der Waals surface area (Å²) in [5.74, 6) is -0.118. The van der Waals surface area contributed by atoms with Gasteiger partial charge in [-0.2, -0.15) is 0 Å². The molecule has 46 valence electrons. The maximum Gasteiger partial charge on any atom is 0.310 e. The SMILES string of the molecule is COC[C@H]1CC(=O)O1. The van der Waals surface area contributed by atoms with E-state index in [1.54, 1.807) is 7.11 Å². The minimum atomic E-state index is -0.118. The molecule has 3 heteroatoms. The van der Waals surface area contributed by atoms with E-state index < -0.39 is 0 Å². The topological polar surface area (TPSA) is 35.5 Å². The van der Waals surface area contributed by atoms with Crippen molar-refractivity contribution in [2.24, 2.45) is 0 Å². The zero-order valence-electron chi connectivity index (χ0n) is 4.72. The van der Waals surface area contributed by atoms with Crippen LogP contribution in [0.2, 0.25) is 0 Å². The number of hydrogen-bond donors (Lipinski definition) is 0. The Morgan fingerprint density at radius 2 is 2.62 bits per heavy atom. The number of methoxy groups -OCH3 is 1. The Morgan fingerprint density at radius 3 is 3.00 bits per heavy atom. The molecular formula is C5H8O3. The van der Waals surface area contributed by atoms with Crippen molar-refractivity contribution in [2.45, 2.75) is 12.5 Å². The van der Waals surface area contributed by atoms with Crippen molar-refractivity contribution < 1.29 is 14.3 Å². The Morgan fingerprint density at radius 1 is 2.00 bits per heavy atom. The van der Waals surface area contributed by atoms with Crippen molar-refractivity contribution in [1.29, 1.82) is 0 Å². The largest absolute Gasteiger partial charge is 0.459 e. The number of carbonyl (C=O) groups is 1. The second kappa shape index (κ2) is 2.13. The second-order valence-electron chi connectivity index (χ2n) is 1.77. The highest BCUT2D eigenvalue weighted by Crippen LogP contribution is 2.12. The molecule has 1 fully saturated rings. The molecule has 1 saturated heterocycles. The number of carbonyl (C=O) groups excluding carboxylic acids is 1. The van der Waals surface area contributed by atoms with Crippen LogP contribution >= 0.6 is 0 Å². The van der Waals surface area contributed by atoms with Crippen LogP contribution in [0.15, 0.2) is 0 Å². The second-order valence-corrected chi connectivity index (χ2v) is 1.77. The summed E-state index contributed by atoms with van der Waals surface area (Å²) < 4.78 is 9.33. The predicted octanol–water partition coefficient (Wildman–Crippen LogP) is -0.0517. The molecule has 0 N–H and O–H groups in total. The summed E-state index contributed by atoms with van der Waals surface area (Å²) in [6, 6.07) is 0. The lowest BCUT2D eigenvalue weighted by Crippen LogP contribution is -2.35. The van der Waals surface area contributed by atoms with Crippen LogP contribution in [0.3, 0.4) is 0 Å². The molecule has 0 aliphatic carbocycles. The van der Waals surface area contributed by atoms with Gasteiger partial charge in [0.05, 0.1) is 13.0 Å². The molecule has 0 spiro atoms. The zero-order chi connectivity index (χ0) is 5.98. The standard InChI is InChI=1S/C5H8O3/c1-7-3-4-2-5(6)8-4/h4H,2-3H2,1H3/t4-/m1/s1. The van der Waals surface area contributed by atoms with Crippen molar-refractivity contribution in [3.63, 3.8) is 0 Å². The summed E-state index contributed by atoms with van der Waals surface area (Å²) >= 11 is 0. The van der Waals surface area contributed by atoms with E-state index in [9.17, 15) is 4.79 Å². The number of rotatable bonds is 2. The molecule has 0 aromatic heterocycles. The highest BCUT2D eigenvalue weighted by Gasteiger charge is 2.27. The van der Waals surface area contributed by atoms with Crippen LogP contribution in [0, 0.1) is 0 Å². The molecule has 3 nitrogen and oxygen atoms in total. The summed E-state index contributed by atoms with van der Waals surface area (Å²) in [5, 5.41) is 0. The minimum absolute atomic E-state index is 0.0347. The maximum atomic E-state index is 10.1. The highest BCUT2D eigenvalue weighted by atomic mass is 16.6. The van der Waals surface area contributed by atoms with Crippen molar-refractivity contribution in [1.82, 2.24) is 0 Å². The Balaban J connectivity index is 2.06. The summed E-state index contributed by atoms with van der Waals surface area (Å²) in [7, 11) is 1.59. The van der Waals surface area contributed by atoms with Crippen LogP contribution < -0.4 is 0 Å². The lowest BCUT2D eigenvalue weighted by Gasteiger charge is -2.24. The van der Waals surface area contributed by atoms with E-state index in [2.05, 4.69) is 4.74 Å². The fourth-order valence-corrected chi connectivity index (χ4v) is 0.641. The van der Waals surface area contributed by atoms with E-state index in [-0.39, 0.29) is 12.1 Å². The first-order valence-corrected chi connectivity index (χ1v) is 2.51. The number of cyclic esters (lactones) is 1. The average Bonchev–Trinajstić information content (AvgIpc) is 1.64. The summed E-state index contributed by atoms with van der Waals surface area (Å²) in [6.45, 7) is 0.533. The van der Waals surface area contributed by atoms with Gasteiger partial charge < -0.3 is 9.47 Å². The van der Waals surface area contributed by atoms with Crippen LogP contribution in [-0.2, 0) is 14.3 Å². The van der Waals surface area contributed by atoms with Gasteiger partial charge in [0.25, 0.3) is 0 Å². The summed E-state index contributed by atoms with van der Waals surface area (Å²) in [4.78, 5) is 10.1. The van der Waals surface area contributed by atoms with Gasteiger partial charge in [0, 0.05) is 7.11 Å². The number of ether oxygens (including phenoxy) is 2. The molecule has 0 bridgehead atoms. The quantitative estimate of drug-likeness (QED) is 0.474. The Kier molecular flexibility index (Phi) is 1.48. The van der Waals surface area contributed by atoms with E-state index in [1.165, 1.54) is 0 Å². The lowest BCUT2D eigenvalue weighted by atomic mass is 10.2. The van der Waals surface area contributed by atoms with Crippen LogP contribution in [0.5, 0.6) is 0 Å². The van der Waals surface area contributed by atoms with Gasteiger partial charge >= 0.3 is 5.97 Å². The molecule has 0 aromatic carbocycles. The monoisotopic (exact) mass is 116 g/mol. The molecule has 0 amide bonds. The first-order chi connectivity index (χ1) is 3.83. The summed E-state index contributed by atoms with van der Waals surface area (Å²) in [6.07, 6.45) is 0.556. The van der Waals surface area contributed by atoms with E-state index >= 15 is 0 Å². The fourth-order valence-electron chi connectivity index (χ4n) is 0.641. The molecule has 1 aliphatic heterocycles. The maximum absolute atomic E-state index is 10.1. The van der Waals surface area contributed by atoms with E-state index in [0.29, 0.717) is 13.0 Å². The molecule has 0 unspecified atom stereocenters. The third-order valence-electron chi connectivity index (χ3n) is 1.05. The third-order valence-corrected chi connectivity index (χ3v) is 1.05. The molecule has 1 rings (SSSR count). The molecule has 8 heavy (non-hydrogen) atoms. The Labute approximate surface area is 47.6 Å². The lowest BCUT2D eigenvalue weighted by molar-refractivity contribution is -0.173. The molecular weight excluding hydrogens is 108 g/mol. The predicted molar refractivity (Wildman–Crippen MR) is 26.4 cm³/mol. The fraction of sp³-hybridized carbons (Fsp3) is 0.800. The van der Waals surface area contributed by atoms with Crippen molar-refractivity contribution in [3.05, 3.63) is 0 Å². The molecule has 1 heterocycles. The Bertz CT molecular complexity index is 91.8. The van der Waals surface area contributed by atoms with Gasteiger partial charge in [-0.05, 0) is 0 Å². The molecule has 1 aliphatic rings. The molecule has 1 atom stereocenters. The van der Waals surface area contributed by atoms with Gasteiger partial charge in [-0.1, -0.05) is 0 Å². The number of esters is 1. The average molecular weight is 116 g/mol. The molecule has 0 saturated carbocycles. The highest BCUT2D eigenvalue weighted by molar-refractivity contribution is 5.75. The van der Waals surface area contributed by atoms with Crippen LogP contribution in [0.1, 0.15) is 6.42 Å². The Hall–Kier alpha value is -0.570. The first kappa shape index (κ1) is 5.56. The van der Waals surface area contributed by atoms with Gasteiger partial charge in [0.1, 0.15) is 6.10 Å². The van der Waals surface area contributed by atoms with E-state index in [0.717, 1.165) is 0 Å². The minimum Gasteiger partial charge on any atom is -0.459 e. The normalized spacial score (nSPS) is 26.6. The summed E-state index contributed by atoms with van der Waals surface area (Å²) in [5.41, 5.74) is 0. The van der Waals surface area contributed by atoms with Gasteiger partial charge in [0.15, 0.2) is 0 Å². The van der Waals surface area contributed by atoms with Gasteiger partial charge in [-0.3, -0.25) is 4.79 Å². The van der Waals surface area contributed by atoms with Crippen LogP contribution in [-0.4, -0.2) is 25.8 Å². The zero-order valence-corrected chi connectivity index (χ0v) is 4.72.